The second-order valence-electron chi connectivity index (χ2n) is 3.92. The third-order valence-electron chi connectivity index (χ3n) is 2.65. The number of nitrogens with zero attached hydrogens (tertiary/aromatic N) is 2. The van der Waals surface area contributed by atoms with Gasteiger partial charge in [-0.1, -0.05) is 30.3 Å². The Bertz CT molecular complexity index is 603. The topological polar surface area (TPSA) is 79.0 Å². The van der Waals surface area contributed by atoms with Gasteiger partial charge in [0.15, 0.2) is 0 Å². The van der Waals surface area contributed by atoms with Gasteiger partial charge in [-0.2, -0.15) is 5.26 Å². The summed E-state index contributed by atoms with van der Waals surface area (Å²) in [6, 6.07) is 17.0. The van der Waals surface area contributed by atoms with Crippen molar-refractivity contribution in [1.82, 2.24) is 0 Å². The van der Waals surface area contributed by atoms with Crippen molar-refractivity contribution >= 4 is 11.4 Å². The van der Waals surface area contributed by atoms with E-state index in [0.29, 0.717) is 5.69 Å². The minimum Gasteiger partial charge on any atom is -0.366 e. The first-order chi connectivity index (χ1) is 9.20. The van der Waals surface area contributed by atoms with Crippen LogP contribution in [-0.2, 0) is 0 Å². The molecule has 0 spiro atoms. The molecule has 0 heterocycles. The number of nitro benzene ring substituents is 1. The minimum absolute atomic E-state index is 0.0266. The molecule has 0 aliphatic carbocycles. The molecule has 94 valence electrons. The van der Waals surface area contributed by atoms with E-state index >= 15 is 0 Å². The minimum atomic E-state index is -0.484. The highest BCUT2D eigenvalue weighted by Crippen LogP contribution is 2.21. The second-order valence-corrected chi connectivity index (χ2v) is 3.92. The Hall–Kier alpha value is -2.87. The van der Waals surface area contributed by atoms with Crippen LogP contribution in [-0.4, -0.2) is 4.92 Å². The second kappa shape index (κ2) is 5.65. The Balaban J connectivity index is 2.16. The van der Waals surface area contributed by atoms with E-state index in [9.17, 15) is 10.1 Å². The van der Waals surface area contributed by atoms with E-state index < -0.39 is 11.0 Å². The van der Waals surface area contributed by atoms with Crippen LogP contribution >= 0.6 is 0 Å². The maximum Gasteiger partial charge on any atom is 0.269 e. The maximum atomic E-state index is 10.5. The van der Waals surface area contributed by atoms with E-state index in [1.165, 1.54) is 12.1 Å². The number of hydrogen-bond acceptors (Lipinski definition) is 4. The molecular formula is C14H11N3O2. The molecule has 0 fully saturated rings. The molecule has 0 saturated carbocycles. The van der Waals surface area contributed by atoms with E-state index in [2.05, 4.69) is 11.4 Å². The van der Waals surface area contributed by atoms with Gasteiger partial charge < -0.3 is 5.32 Å². The fourth-order valence-electron chi connectivity index (χ4n) is 1.68. The van der Waals surface area contributed by atoms with Gasteiger partial charge in [-0.05, 0) is 17.7 Å². The molecule has 0 saturated heterocycles. The Morgan fingerprint density at radius 2 is 1.74 bits per heavy atom. The van der Waals surface area contributed by atoms with Crippen molar-refractivity contribution in [3.05, 3.63) is 70.3 Å². The lowest BCUT2D eigenvalue weighted by molar-refractivity contribution is -0.384. The summed E-state index contributed by atoms with van der Waals surface area (Å²) in [7, 11) is 0. The monoisotopic (exact) mass is 253 g/mol. The number of hydrogen-bond donors (Lipinski definition) is 1. The lowest BCUT2D eigenvalue weighted by atomic mass is 10.1. The van der Waals surface area contributed by atoms with Gasteiger partial charge >= 0.3 is 0 Å². The van der Waals surface area contributed by atoms with Crippen LogP contribution < -0.4 is 5.32 Å². The van der Waals surface area contributed by atoms with Crippen molar-refractivity contribution in [2.75, 3.05) is 5.32 Å². The summed E-state index contributed by atoms with van der Waals surface area (Å²) in [6.45, 7) is 0. The van der Waals surface area contributed by atoms with Crippen LogP contribution in [0.25, 0.3) is 0 Å². The molecule has 0 aromatic heterocycles. The predicted octanol–water partition coefficient (Wildman–Crippen LogP) is 3.27. The van der Waals surface area contributed by atoms with Crippen molar-refractivity contribution in [3.63, 3.8) is 0 Å². The molecule has 2 rings (SSSR count). The lowest BCUT2D eigenvalue weighted by Crippen LogP contribution is -2.08. The van der Waals surface area contributed by atoms with Crippen LogP contribution in [0.5, 0.6) is 0 Å². The number of non-ortho nitro benzene ring substituents is 1. The average Bonchev–Trinajstić information content (AvgIpc) is 2.46. The van der Waals surface area contributed by atoms with Gasteiger partial charge in [0, 0.05) is 17.8 Å². The lowest BCUT2D eigenvalue weighted by Gasteiger charge is -2.12. The molecule has 0 amide bonds. The van der Waals surface area contributed by atoms with Crippen LogP contribution in [0.2, 0.25) is 0 Å². The first-order valence-corrected chi connectivity index (χ1v) is 5.66. The predicted molar refractivity (Wildman–Crippen MR) is 71.5 cm³/mol. The Morgan fingerprint density at radius 1 is 1.11 bits per heavy atom. The zero-order valence-corrected chi connectivity index (χ0v) is 9.98. The maximum absolute atomic E-state index is 10.5. The van der Waals surface area contributed by atoms with E-state index in [-0.39, 0.29) is 5.69 Å². The third kappa shape index (κ3) is 3.07. The molecule has 5 nitrogen and oxygen atoms in total. The van der Waals surface area contributed by atoms with Gasteiger partial charge in [-0.25, -0.2) is 0 Å². The first-order valence-electron chi connectivity index (χ1n) is 5.66. The van der Waals surface area contributed by atoms with Crippen LogP contribution in [0.1, 0.15) is 11.6 Å². The molecule has 0 radical (unpaired) electrons. The quantitative estimate of drug-likeness (QED) is 0.669. The molecule has 5 heteroatoms. The number of nitro groups is 1. The fourth-order valence-corrected chi connectivity index (χ4v) is 1.68. The van der Waals surface area contributed by atoms with Crippen LogP contribution in [0.15, 0.2) is 54.6 Å². The van der Waals surface area contributed by atoms with E-state index in [1.54, 1.807) is 12.1 Å². The molecule has 1 atom stereocenters. The highest BCUT2D eigenvalue weighted by molar-refractivity contribution is 5.51. The molecule has 2 aromatic carbocycles. The molecule has 2 aromatic rings. The first kappa shape index (κ1) is 12.6. The molecule has 0 aliphatic heterocycles. The molecule has 1 N–H and O–H groups in total. The van der Waals surface area contributed by atoms with E-state index in [4.69, 9.17) is 5.26 Å². The van der Waals surface area contributed by atoms with E-state index in [1.807, 2.05) is 30.3 Å². The molecule has 0 bridgehead atoms. The summed E-state index contributed by atoms with van der Waals surface area (Å²) in [5, 5.41) is 22.7. The Labute approximate surface area is 110 Å². The molecule has 1 unspecified atom stereocenters. The van der Waals surface area contributed by atoms with Crippen LogP contribution in [0.3, 0.4) is 0 Å². The average molecular weight is 253 g/mol. The summed E-state index contributed by atoms with van der Waals surface area (Å²) in [5.41, 5.74) is 1.54. The summed E-state index contributed by atoms with van der Waals surface area (Å²) in [5.74, 6) is 0. The number of anilines is 1. The smallest absolute Gasteiger partial charge is 0.269 e. The normalized spacial score (nSPS) is 11.3. The van der Waals surface area contributed by atoms with Crippen molar-refractivity contribution in [3.8, 4) is 6.07 Å². The Kier molecular flexibility index (Phi) is 3.74. The summed E-state index contributed by atoms with van der Waals surface area (Å²) >= 11 is 0. The van der Waals surface area contributed by atoms with Gasteiger partial charge in [0.05, 0.1) is 11.0 Å². The largest absolute Gasteiger partial charge is 0.366 e. The molecular weight excluding hydrogens is 242 g/mol. The van der Waals surface area contributed by atoms with Crippen LogP contribution in [0.4, 0.5) is 11.4 Å². The number of benzene rings is 2. The standard InChI is InChI=1S/C14H11N3O2/c15-10-14(11-4-2-1-3-5-11)16-12-6-8-13(9-7-12)17(18)19/h1-9,14,16H. The zero-order chi connectivity index (χ0) is 13.7. The number of rotatable bonds is 4. The third-order valence-corrected chi connectivity index (χ3v) is 2.65. The highest BCUT2D eigenvalue weighted by atomic mass is 16.6. The number of nitriles is 1. The van der Waals surface area contributed by atoms with Gasteiger partial charge in [0.1, 0.15) is 6.04 Å². The SMILES string of the molecule is N#CC(Nc1ccc([N+](=O)[O-])cc1)c1ccccc1. The molecule has 0 aliphatic rings. The van der Waals surface area contributed by atoms with Crippen molar-refractivity contribution in [1.29, 1.82) is 5.26 Å². The molecule has 19 heavy (non-hydrogen) atoms. The van der Waals surface area contributed by atoms with Crippen molar-refractivity contribution in [2.45, 2.75) is 6.04 Å². The van der Waals surface area contributed by atoms with Crippen LogP contribution in [0, 0.1) is 21.4 Å². The van der Waals surface area contributed by atoms with Gasteiger partial charge in [0.2, 0.25) is 0 Å². The summed E-state index contributed by atoms with van der Waals surface area (Å²) < 4.78 is 0. The van der Waals surface area contributed by atoms with E-state index in [0.717, 1.165) is 5.56 Å². The fraction of sp³-hybridized carbons (Fsp3) is 0.0714. The summed E-state index contributed by atoms with van der Waals surface area (Å²) in [4.78, 5) is 10.1. The Morgan fingerprint density at radius 3 is 2.26 bits per heavy atom. The number of nitrogens with one attached hydrogen (secondary N) is 1. The van der Waals surface area contributed by atoms with Gasteiger partial charge in [-0.3, -0.25) is 10.1 Å². The van der Waals surface area contributed by atoms with Gasteiger partial charge in [-0.15, -0.1) is 0 Å². The highest BCUT2D eigenvalue weighted by Gasteiger charge is 2.10. The zero-order valence-electron chi connectivity index (χ0n) is 9.98. The van der Waals surface area contributed by atoms with Gasteiger partial charge in [0.25, 0.3) is 5.69 Å². The summed E-state index contributed by atoms with van der Waals surface area (Å²) in [6.07, 6.45) is 0. The van der Waals surface area contributed by atoms with Crippen molar-refractivity contribution in [2.24, 2.45) is 0 Å². The van der Waals surface area contributed by atoms with Crippen molar-refractivity contribution < 1.29 is 4.92 Å².